The van der Waals surface area contributed by atoms with Crippen LogP contribution in [0.3, 0.4) is 0 Å². The highest BCUT2D eigenvalue weighted by molar-refractivity contribution is 5.97. The summed E-state index contributed by atoms with van der Waals surface area (Å²) < 4.78 is 16.2. The second-order valence-corrected chi connectivity index (χ2v) is 6.17. The monoisotopic (exact) mass is 352 g/mol. The average Bonchev–Trinajstić information content (AvgIpc) is 2.60. The number of carbonyl (C=O) groups excluding carboxylic acids is 1. The number of ether oxygens (including phenoxy) is 3. The Bertz CT molecular complexity index is 536. The van der Waals surface area contributed by atoms with E-state index in [1.165, 1.54) is 0 Å². The molecule has 0 fully saturated rings. The molecule has 0 saturated heterocycles. The van der Waals surface area contributed by atoms with Gasteiger partial charge in [-0.25, -0.2) is 4.98 Å². The van der Waals surface area contributed by atoms with Crippen molar-refractivity contribution in [3.63, 3.8) is 0 Å². The molecule has 6 nitrogen and oxygen atoms in total. The summed E-state index contributed by atoms with van der Waals surface area (Å²) in [6, 6.07) is 3.55. The van der Waals surface area contributed by atoms with Crippen molar-refractivity contribution in [3.8, 4) is 5.88 Å². The number of pyridine rings is 1. The highest BCUT2D eigenvalue weighted by Gasteiger charge is 2.32. The minimum absolute atomic E-state index is 0.152. The van der Waals surface area contributed by atoms with E-state index in [1.54, 1.807) is 19.2 Å². The molecule has 0 aliphatic carbocycles. The number of rotatable bonds is 12. The lowest BCUT2D eigenvalue weighted by Gasteiger charge is -2.27. The lowest BCUT2D eigenvalue weighted by atomic mass is 9.97. The van der Waals surface area contributed by atoms with Crippen LogP contribution in [-0.2, 0) is 14.3 Å². The van der Waals surface area contributed by atoms with Crippen LogP contribution in [0, 0.1) is 6.92 Å². The van der Waals surface area contributed by atoms with Crippen molar-refractivity contribution in [1.29, 1.82) is 0 Å². The zero-order valence-electron chi connectivity index (χ0n) is 16.2. The zero-order chi connectivity index (χ0) is 18.7. The summed E-state index contributed by atoms with van der Waals surface area (Å²) in [6.45, 7) is 9.38. The van der Waals surface area contributed by atoms with Crippen LogP contribution in [0.5, 0.6) is 5.88 Å². The van der Waals surface area contributed by atoms with Crippen molar-refractivity contribution in [1.82, 2.24) is 4.98 Å². The topological polar surface area (TPSA) is 69.7 Å². The molecule has 6 heteroatoms. The highest BCUT2D eigenvalue weighted by atomic mass is 16.5. The van der Waals surface area contributed by atoms with E-state index in [-0.39, 0.29) is 5.91 Å². The van der Waals surface area contributed by atoms with Crippen molar-refractivity contribution in [3.05, 3.63) is 17.8 Å². The molecule has 1 heterocycles. The van der Waals surface area contributed by atoms with Crippen LogP contribution in [0.1, 0.15) is 52.1 Å². The van der Waals surface area contributed by atoms with E-state index in [0.717, 1.165) is 19.3 Å². The third kappa shape index (κ3) is 7.00. The second kappa shape index (κ2) is 11.1. The quantitative estimate of drug-likeness (QED) is 0.581. The highest BCUT2D eigenvalue weighted by Crippen LogP contribution is 2.23. The number of amides is 1. The van der Waals surface area contributed by atoms with Crippen LogP contribution in [-0.4, -0.2) is 43.4 Å². The first-order valence-electron chi connectivity index (χ1n) is 9.01. The Kier molecular flexibility index (Phi) is 9.45. The first kappa shape index (κ1) is 21.4. The Labute approximate surface area is 151 Å². The van der Waals surface area contributed by atoms with Gasteiger partial charge in [0.05, 0.1) is 18.0 Å². The fourth-order valence-corrected chi connectivity index (χ4v) is 2.38. The van der Waals surface area contributed by atoms with E-state index in [1.807, 2.05) is 20.8 Å². The number of aromatic nitrogens is 1. The average molecular weight is 352 g/mol. The van der Waals surface area contributed by atoms with E-state index < -0.39 is 5.60 Å². The first-order chi connectivity index (χ1) is 12.0. The Hall–Kier alpha value is -1.66. The molecule has 0 spiro atoms. The largest absolute Gasteiger partial charge is 0.475 e. The smallest absolute Gasteiger partial charge is 0.256 e. The Morgan fingerprint density at radius 1 is 1.24 bits per heavy atom. The van der Waals surface area contributed by atoms with Gasteiger partial charge in [0.2, 0.25) is 5.88 Å². The molecular weight excluding hydrogens is 320 g/mol. The number of aryl methyl sites for hydroxylation is 1. The normalized spacial score (nSPS) is 13.3. The van der Waals surface area contributed by atoms with Crippen molar-refractivity contribution in [2.24, 2.45) is 0 Å². The fourth-order valence-electron chi connectivity index (χ4n) is 2.38. The molecule has 1 aromatic rings. The van der Waals surface area contributed by atoms with Gasteiger partial charge in [0, 0.05) is 19.8 Å². The maximum atomic E-state index is 12.6. The van der Waals surface area contributed by atoms with Crippen LogP contribution < -0.4 is 10.1 Å². The maximum Gasteiger partial charge on any atom is 0.256 e. The van der Waals surface area contributed by atoms with Crippen LogP contribution >= 0.6 is 0 Å². The molecule has 0 radical (unpaired) electrons. The molecule has 142 valence electrons. The summed E-state index contributed by atoms with van der Waals surface area (Å²) in [4.78, 5) is 17.0. The molecule has 1 rings (SSSR count). The summed E-state index contributed by atoms with van der Waals surface area (Å²) in [5, 5.41) is 2.93. The molecule has 0 aliphatic rings. The van der Waals surface area contributed by atoms with Gasteiger partial charge >= 0.3 is 0 Å². The van der Waals surface area contributed by atoms with Gasteiger partial charge in [-0.1, -0.05) is 26.2 Å². The number of nitrogens with zero attached hydrogens (tertiary/aromatic N) is 1. The molecule has 0 saturated carbocycles. The summed E-state index contributed by atoms with van der Waals surface area (Å²) >= 11 is 0. The van der Waals surface area contributed by atoms with Crippen molar-refractivity contribution >= 4 is 11.6 Å². The van der Waals surface area contributed by atoms with Gasteiger partial charge in [-0.05, 0) is 33.3 Å². The fraction of sp³-hybridized carbons (Fsp3) is 0.684. The first-order valence-corrected chi connectivity index (χ1v) is 9.01. The molecule has 0 unspecified atom stereocenters. The van der Waals surface area contributed by atoms with E-state index in [4.69, 9.17) is 14.2 Å². The van der Waals surface area contributed by atoms with Gasteiger partial charge < -0.3 is 19.5 Å². The number of hydrogen-bond donors (Lipinski definition) is 1. The van der Waals surface area contributed by atoms with Gasteiger partial charge in [-0.3, -0.25) is 4.79 Å². The van der Waals surface area contributed by atoms with Crippen molar-refractivity contribution in [2.75, 3.05) is 32.2 Å². The lowest BCUT2D eigenvalue weighted by molar-refractivity contribution is -0.136. The SMILES string of the molecule is CCCCC[C@](C)(OC)C(=O)Nc1ccc(OCCOCC)nc1C. The summed E-state index contributed by atoms with van der Waals surface area (Å²) in [6.07, 6.45) is 3.84. The van der Waals surface area contributed by atoms with Gasteiger partial charge in [0.1, 0.15) is 12.2 Å². The molecule has 1 aromatic heterocycles. The van der Waals surface area contributed by atoms with Crippen LogP contribution in [0.4, 0.5) is 5.69 Å². The number of nitrogens with one attached hydrogen (secondary N) is 1. The van der Waals surface area contributed by atoms with E-state index in [0.29, 0.717) is 43.5 Å². The minimum Gasteiger partial charge on any atom is -0.475 e. The Morgan fingerprint density at radius 3 is 2.60 bits per heavy atom. The van der Waals surface area contributed by atoms with Crippen molar-refractivity contribution in [2.45, 2.75) is 59.0 Å². The Morgan fingerprint density at radius 2 is 2.00 bits per heavy atom. The van der Waals surface area contributed by atoms with Crippen LogP contribution in [0.25, 0.3) is 0 Å². The number of unbranched alkanes of at least 4 members (excludes halogenated alkanes) is 2. The van der Waals surface area contributed by atoms with Gasteiger partial charge in [-0.2, -0.15) is 0 Å². The third-order valence-electron chi connectivity index (χ3n) is 4.18. The Balaban J connectivity index is 2.66. The number of methoxy groups -OCH3 is 1. The molecule has 1 atom stereocenters. The van der Waals surface area contributed by atoms with E-state index in [9.17, 15) is 4.79 Å². The zero-order valence-corrected chi connectivity index (χ0v) is 16.2. The van der Waals surface area contributed by atoms with E-state index in [2.05, 4.69) is 17.2 Å². The number of hydrogen-bond acceptors (Lipinski definition) is 5. The predicted molar refractivity (Wildman–Crippen MR) is 99.1 cm³/mol. The summed E-state index contributed by atoms with van der Waals surface area (Å²) in [5.41, 5.74) is 0.532. The number of anilines is 1. The third-order valence-corrected chi connectivity index (χ3v) is 4.18. The van der Waals surface area contributed by atoms with Gasteiger partial charge in [0.15, 0.2) is 0 Å². The molecule has 0 aromatic carbocycles. The van der Waals surface area contributed by atoms with Crippen molar-refractivity contribution < 1.29 is 19.0 Å². The second-order valence-electron chi connectivity index (χ2n) is 6.17. The number of carbonyl (C=O) groups is 1. The summed E-state index contributed by atoms with van der Waals surface area (Å²) in [7, 11) is 1.58. The maximum absolute atomic E-state index is 12.6. The molecular formula is C19H32N2O4. The minimum atomic E-state index is -0.839. The summed E-state index contributed by atoms with van der Waals surface area (Å²) in [5.74, 6) is 0.369. The lowest BCUT2D eigenvalue weighted by Crippen LogP contribution is -2.42. The van der Waals surface area contributed by atoms with Gasteiger partial charge in [0.25, 0.3) is 5.91 Å². The molecule has 0 aliphatic heterocycles. The molecule has 1 N–H and O–H groups in total. The van der Waals surface area contributed by atoms with E-state index >= 15 is 0 Å². The standard InChI is InChI=1S/C19H32N2O4/c1-6-8-9-12-19(4,23-5)18(22)21-16-10-11-17(20-15(16)3)25-14-13-24-7-2/h10-11H,6-9,12-14H2,1-5H3,(H,21,22)/t19-/m0/s1. The van der Waals surface area contributed by atoms with Crippen LogP contribution in [0.2, 0.25) is 0 Å². The predicted octanol–water partition coefficient (Wildman–Crippen LogP) is 3.73. The molecule has 0 bridgehead atoms. The molecule has 1 amide bonds. The van der Waals surface area contributed by atoms with Crippen LogP contribution in [0.15, 0.2) is 12.1 Å². The van der Waals surface area contributed by atoms with Gasteiger partial charge in [-0.15, -0.1) is 0 Å². The molecule has 25 heavy (non-hydrogen) atoms.